The molecule has 1 aliphatic rings. The Kier molecular flexibility index (Phi) is 3.78. The Morgan fingerprint density at radius 2 is 2.00 bits per heavy atom. The van der Waals surface area contributed by atoms with Crippen LogP contribution in [-0.2, 0) is 9.47 Å². The first kappa shape index (κ1) is 10.7. The molecule has 1 aromatic carbocycles. The maximum Gasteiger partial charge on any atom is 0.0993 e. The molecule has 0 saturated carbocycles. The highest BCUT2D eigenvalue weighted by Gasteiger charge is 2.09. The molecule has 1 atom stereocenters. The molecule has 1 saturated heterocycles. The van der Waals surface area contributed by atoms with E-state index < -0.39 is 0 Å². The predicted molar refractivity (Wildman–Crippen MR) is 61.0 cm³/mol. The molecule has 0 bridgehead atoms. The van der Waals surface area contributed by atoms with E-state index >= 15 is 0 Å². The molecule has 2 rings (SSSR count). The van der Waals surface area contributed by atoms with Gasteiger partial charge in [0, 0.05) is 5.02 Å². The second kappa shape index (κ2) is 5.31. The van der Waals surface area contributed by atoms with Crippen molar-refractivity contribution < 1.29 is 9.47 Å². The molecule has 0 spiro atoms. The molecule has 0 amide bonds. The normalized spacial score (nSPS) is 22.1. The maximum absolute atomic E-state index is 5.79. The van der Waals surface area contributed by atoms with Crippen molar-refractivity contribution in [3.8, 4) is 0 Å². The fraction of sp³-hybridized carbons (Fsp3) is 0.333. The van der Waals surface area contributed by atoms with Gasteiger partial charge in [0.25, 0.3) is 0 Å². The lowest BCUT2D eigenvalue weighted by atomic mass is 10.2. The molecule has 2 nitrogen and oxygen atoms in total. The quantitative estimate of drug-likeness (QED) is 0.769. The van der Waals surface area contributed by atoms with Crippen LogP contribution >= 0.6 is 11.6 Å². The molecule has 1 heterocycles. The first-order valence-corrected chi connectivity index (χ1v) is 5.35. The first-order valence-electron chi connectivity index (χ1n) is 4.98. The van der Waals surface area contributed by atoms with E-state index in [1.54, 1.807) is 0 Å². The van der Waals surface area contributed by atoms with Crippen molar-refractivity contribution in [2.45, 2.75) is 6.10 Å². The molecular weight excluding hydrogens is 212 g/mol. The zero-order valence-electron chi connectivity index (χ0n) is 8.36. The summed E-state index contributed by atoms with van der Waals surface area (Å²) in [4.78, 5) is 0. The predicted octanol–water partition coefficient (Wildman–Crippen LogP) is 2.77. The van der Waals surface area contributed by atoms with Crippen LogP contribution in [0.3, 0.4) is 0 Å². The van der Waals surface area contributed by atoms with Crippen LogP contribution in [0.15, 0.2) is 30.3 Å². The van der Waals surface area contributed by atoms with Gasteiger partial charge in [-0.25, -0.2) is 0 Å². The third kappa shape index (κ3) is 3.34. The average molecular weight is 225 g/mol. The smallest absolute Gasteiger partial charge is 0.0993 e. The third-order valence-corrected chi connectivity index (χ3v) is 2.47. The Labute approximate surface area is 94.5 Å². The fourth-order valence-electron chi connectivity index (χ4n) is 1.41. The molecule has 0 aliphatic carbocycles. The van der Waals surface area contributed by atoms with Gasteiger partial charge in [0.2, 0.25) is 0 Å². The summed E-state index contributed by atoms with van der Waals surface area (Å²) in [6.45, 7) is 2.02. The summed E-state index contributed by atoms with van der Waals surface area (Å²) in [5.41, 5.74) is 1.12. The van der Waals surface area contributed by atoms with E-state index in [9.17, 15) is 0 Å². The largest absolute Gasteiger partial charge is 0.376 e. The van der Waals surface area contributed by atoms with E-state index in [-0.39, 0.29) is 6.10 Å². The highest BCUT2D eigenvalue weighted by atomic mass is 35.5. The van der Waals surface area contributed by atoms with Gasteiger partial charge in [-0.15, -0.1) is 0 Å². The highest BCUT2D eigenvalue weighted by Crippen LogP contribution is 2.12. The van der Waals surface area contributed by atoms with Crippen molar-refractivity contribution in [3.63, 3.8) is 0 Å². The minimum atomic E-state index is 0.0782. The molecule has 15 heavy (non-hydrogen) atoms. The number of halogens is 1. The second-order valence-electron chi connectivity index (χ2n) is 3.39. The van der Waals surface area contributed by atoms with Crippen LogP contribution in [0, 0.1) is 0 Å². The van der Waals surface area contributed by atoms with Gasteiger partial charge in [0.15, 0.2) is 0 Å². The molecule has 0 N–H and O–H groups in total. The van der Waals surface area contributed by atoms with E-state index in [1.165, 1.54) is 0 Å². The van der Waals surface area contributed by atoms with E-state index in [1.807, 2.05) is 36.4 Å². The summed E-state index contributed by atoms with van der Waals surface area (Å²) in [6.07, 6.45) is 4.12. The second-order valence-corrected chi connectivity index (χ2v) is 3.83. The van der Waals surface area contributed by atoms with Crippen molar-refractivity contribution in [2.75, 3.05) is 19.8 Å². The topological polar surface area (TPSA) is 18.5 Å². The summed E-state index contributed by atoms with van der Waals surface area (Å²) in [6, 6.07) is 7.70. The Balaban J connectivity index is 1.95. The van der Waals surface area contributed by atoms with Gasteiger partial charge in [-0.3, -0.25) is 0 Å². The zero-order chi connectivity index (χ0) is 10.5. The lowest BCUT2D eigenvalue weighted by Crippen LogP contribution is -2.26. The van der Waals surface area contributed by atoms with Crippen molar-refractivity contribution in [2.24, 2.45) is 0 Å². The van der Waals surface area contributed by atoms with E-state index in [0.717, 1.165) is 10.6 Å². The van der Waals surface area contributed by atoms with E-state index in [2.05, 4.69) is 0 Å². The molecule has 3 heteroatoms. The van der Waals surface area contributed by atoms with Gasteiger partial charge in [-0.2, -0.15) is 0 Å². The molecule has 1 unspecified atom stereocenters. The lowest BCUT2D eigenvalue weighted by Gasteiger charge is -2.19. The molecule has 0 aromatic heterocycles. The van der Waals surface area contributed by atoms with E-state index in [4.69, 9.17) is 21.1 Å². The number of rotatable bonds is 2. The first-order chi connectivity index (χ1) is 7.34. The summed E-state index contributed by atoms with van der Waals surface area (Å²) in [5, 5.41) is 0.754. The summed E-state index contributed by atoms with van der Waals surface area (Å²) in [5.74, 6) is 0. The average Bonchev–Trinajstić information content (AvgIpc) is 2.30. The van der Waals surface area contributed by atoms with Crippen molar-refractivity contribution >= 4 is 17.7 Å². The Morgan fingerprint density at radius 3 is 2.67 bits per heavy atom. The van der Waals surface area contributed by atoms with Crippen LogP contribution in [0.2, 0.25) is 5.02 Å². The van der Waals surface area contributed by atoms with Crippen molar-refractivity contribution in [1.82, 2.24) is 0 Å². The molecule has 0 radical (unpaired) electrons. The maximum atomic E-state index is 5.79. The molecule has 80 valence electrons. The van der Waals surface area contributed by atoms with Crippen LogP contribution in [-0.4, -0.2) is 25.9 Å². The van der Waals surface area contributed by atoms with Crippen LogP contribution in [0.1, 0.15) is 5.56 Å². The molecule has 1 aliphatic heterocycles. The minimum Gasteiger partial charge on any atom is -0.376 e. The molecule has 1 fully saturated rings. The molecular formula is C12H13ClO2. The Bertz CT molecular complexity index is 326. The highest BCUT2D eigenvalue weighted by molar-refractivity contribution is 6.30. The SMILES string of the molecule is Clc1ccc(/C=C/C2COCCO2)cc1. The van der Waals surface area contributed by atoms with Gasteiger partial charge < -0.3 is 9.47 Å². The Hall–Kier alpha value is -0.830. The van der Waals surface area contributed by atoms with Gasteiger partial charge >= 0.3 is 0 Å². The number of hydrogen-bond donors (Lipinski definition) is 0. The molecule has 1 aromatic rings. The summed E-state index contributed by atoms with van der Waals surface area (Å²) >= 11 is 5.79. The van der Waals surface area contributed by atoms with Gasteiger partial charge in [-0.1, -0.05) is 35.9 Å². The fourth-order valence-corrected chi connectivity index (χ4v) is 1.54. The minimum absolute atomic E-state index is 0.0782. The number of hydrogen-bond acceptors (Lipinski definition) is 2. The third-order valence-electron chi connectivity index (χ3n) is 2.22. The summed E-state index contributed by atoms with van der Waals surface area (Å²) < 4.78 is 10.8. The summed E-state index contributed by atoms with van der Waals surface area (Å²) in [7, 11) is 0. The number of benzene rings is 1. The standard InChI is InChI=1S/C12H13ClO2/c13-11-4-1-10(2-5-11)3-6-12-9-14-7-8-15-12/h1-6,12H,7-9H2/b6-3+. The van der Waals surface area contributed by atoms with Crippen molar-refractivity contribution in [1.29, 1.82) is 0 Å². The van der Waals surface area contributed by atoms with Crippen molar-refractivity contribution in [3.05, 3.63) is 40.9 Å². The zero-order valence-corrected chi connectivity index (χ0v) is 9.11. The van der Waals surface area contributed by atoms with Gasteiger partial charge in [0.05, 0.1) is 25.9 Å². The number of ether oxygens (including phenoxy) is 2. The van der Waals surface area contributed by atoms with Gasteiger partial charge in [-0.05, 0) is 17.7 Å². The van der Waals surface area contributed by atoms with Crippen LogP contribution < -0.4 is 0 Å². The monoisotopic (exact) mass is 224 g/mol. The Morgan fingerprint density at radius 1 is 1.20 bits per heavy atom. The van der Waals surface area contributed by atoms with E-state index in [0.29, 0.717) is 19.8 Å². The van der Waals surface area contributed by atoms with Gasteiger partial charge in [0.1, 0.15) is 0 Å². The van der Waals surface area contributed by atoms with Crippen LogP contribution in [0.25, 0.3) is 6.08 Å². The van der Waals surface area contributed by atoms with Crippen LogP contribution in [0.5, 0.6) is 0 Å². The van der Waals surface area contributed by atoms with Crippen LogP contribution in [0.4, 0.5) is 0 Å². The lowest BCUT2D eigenvalue weighted by molar-refractivity contribution is -0.0672.